The van der Waals surface area contributed by atoms with Crippen molar-refractivity contribution in [2.75, 3.05) is 39.8 Å². The van der Waals surface area contributed by atoms with Crippen LogP contribution in [0.5, 0.6) is 5.75 Å². The van der Waals surface area contributed by atoms with Crippen molar-refractivity contribution in [3.63, 3.8) is 0 Å². The number of ether oxygens (including phenoxy) is 1. The molecule has 0 aliphatic carbocycles. The molecule has 1 aromatic rings. The van der Waals surface area contributed by atoms with Gasteiger partial charge in [-0.15, -0.1) is 0 Å². The van der Waals surface area contributed by atoms with E-state index in [0.717, 1.165) is 12.8 Å². The molecule has 1 aromatic carbocycles. The number of benzene rings is 1. The van der Waals surface area contributed by atoms with Crippen molar-refractivity contribution in [3.05, 3.63) is 24.3 Å². The molecule has 0 spiro atoms. The Morgan fingerprint density at radius 1 is 1.14 bits per heavy atom. The Morgan fingerprint density at radius 3 is 2.36 bits per heavy atom. The molecule has 1 saturated heterocycles. The SMILES string of the molecule is CCCCC[C@@H](C)NC(=O)CN1CCN(S(=O)(=O)c2ccc(OC)cc2)CC1. The summed E-state index contributed by atoms with van der Waals surface area (Å²) < 4.78 is 32.1. The average molecular weight is 412 g/mol. The monoisotopic (exact) mass is 411 g/mol. The highest BCUT2D eigenvalue weighted by Gasteiger charge is 2.29. The maximum atomic E-state index is 12.8. The predicted molar refractivity (Wildman–Crippen MR) is 110 cm³/mol. The summed E-state index contributed by atoms with van der Waals surface area (Å²) in [5, 5.41) is 3.04. The van der Waals surface area contributed by atoms with Crippen LogP contribution in [-0.2, 0) is 14.8 Å². The Labute approximate surface area is 169 Å². The molecule has 0 bridgehead atoms. The largest absolute Gasteiger partial charge is 0.497 e. The van der Waals surface area contributed by atoms with E-state index in [2.05, 4.69) is 12.2 Å². The Kier molecular flexibility index (Phi) is 8.72. The summed E-state index contributed by atoms with van der Waals surface area (Å²) in [5.41, 5.74) is 0. The van der Waals surface area contributed by atoms with Crippen LogP contribution in [0.15, 0.2) is 29.2 Å². The zero-order chi connectivity index (χ0) is 20.6. The lowest BCUT2D eigenvalue weighted by Crippen LogP contribution is -2.51. The summed E-state index contributed by atoms with van der Waals surface area (Å²) in [4.78, 5) is 14.5. The van der Waals surface area contributed by atoms with E-state index in [1.807, 2.05) is 11.8 Å². The molecule has 1 aliphatic rings. The van der Waals surface area contributed by atoms with Crippen molar-refractivity contribution in [2.24, 2.45) is 0 Å². The van der Waals surface area contributed by atoms with E-state index < -0.39 is 10.0 Å². The quantitative estimate of drug-likeness (QED) is 0.597. The number of nitrogens with zero attached hydrogens (tertiary/aromatic N) is 2. The lowest BCUT2D eigenvalue weighted by atomic mass is 10.1. The van der Waals surface area contributed by atoms with Gasteiger partial charge in [0.25, 0.3) is 0 Å². The van der Waals surface area contributed by atoms with Gasteiger partial charge >= 0.3 is 0 Å². The van der Waals surface area contributed by atoms with Gasteiger partial charge in [0, 0.05) is 32.2 Å². The average Bonchev–Trinajstić information content (AvgIpc) is 2.68. The van der Waals surface area contributed by atoms with Crippen molar-refractivity contribution in [1.29, 1.82) is 0 Å². The summed E-state index contributed by atoms with van der Waals surface area (Å²) in [6.45, 7) is 6.38. The molecule has 7 nitrogen and oxygen atoms in total. The Balaban J connectivity index is 1.80. The number of hydrogen-bond donors (Lipinski definition) is 1. The molecule has 1 N–H and O–H groups in total. The highest BCUT2D eigenvalue weighted by molar-refractivity contribution is 7.89. The van der Waals surface area contributed by atoms with E-state index in [9.17, 15) is 13.2 Å². The first kappa shape index (κ1) is 22.6. The van der Waals surface area contributed by atoms with Crippen LogP contribution in [-0.4, -0.2) is 69.4 Å². The number of amides is 1. The molecule has 1 heterocycles. The predicted octanol–water partition coefficient (Wildman–Crippen LogP) is 2.09. The molecule has 2 rings (SSSR count). The van der Waals surface area contributed by atoms with Crippen LogP contribution in [0, 0.1) is 0 Å². The van der Waals surface area contributed by atoms with Crippen LogP contribution in [0.25, 0.3) is 0 Å². The molecule has 1 aliphatic heterocycles. The summed E-state index contributed by atoms with van der Waals surface area (Å²) in [6.07, 6.45) is 4.47. The summed E-state index contributed by atoms with van der Waals surface area (Å²) in [7, 11) is -1.97. The van der Waals surface area contributed by atoms with Gasteiger partial charge in [0.05, 0.1) is 18.6 Å². The molecule has 8 heteroatoms. The van der Waals surface area contributed by atoms with Gasteiger partial charge in [0.15, 0.2) is 0 Å². The number of rotatable bonds is 10. The number of hydrogen-bond acceptors (Lipinski definition) is 5. The second kappa shape index (κ2) is 10.8. The normalized spacial score (nSPS) is 17.2. The fraction of sp³-hybridized carbons (Fsp3) is 0.650. The maximum Gasteiger partial charge on any atom is 0.243 e. The van der Waals surface area contributed by atoms with Crippen LogP contribution in [0.2, 0.25) is 0 Å². The first-order valence-electron chi connectivity index (χ1n) is 10.0. The molecule has 1 atom stereocenters. The minimum atomic E-state index is -3.52. The second-order valence-corrected chi connectivity index (χ2v) is 9.26. The smallest absolute Gasteiger partial charge is 0.243 e. The molecule has 28 heavy (non-hydrogen) atoms. The molecule has 0 unspecified atom stereocenters. The van der Waals surface area contributed by atoms with E-state index in [0.29, 0.717) is 38.5 Å². The molecular formula is C20H33N3O4S. The standard InChI is InChI=1S/C20H33N3O4S/c1-4-5-6-7-17(2)21-20(24)16-22-12-14-23(15-13-22)28(25,26)19-10-8-18(27-3)9-11-19/h8-11,17H,4-7,12-16H2,1-3H3,(H,21,24)/t17-/m1/s1. The Morgan fingerprint density at radius 2 is 1.79 bits per heavy atom. The lowest BCUT2D eigenvalue weighted by molar-refractivity contribution is -0.123. The molecule has 0 radical (unpaired) electrons. The summed E-state index contributed by atoms with van der Waals surface area (Å²) in [5.74, 6) is 0.633. The van der Waals surface area contributed by atoms with Gasteiger partial charge in [-0.05, 0) is 37.6 Å². The van der Waals surface area contributed by atoms with E-state index in [-0.39, 0.29) is 16.8 Å². The molecule has 0 saturated carbocycles. The topological polar surface area (TPSA) is 79.0 Å². The van der Waals surface area contributed by atoms with Crippen LogP contribution < -0.4 is 10.1 Å². The van der Waals surface area contributed by atoms with Gasteiger partial charge in [-0.25, -0.2) is 8.42 Å². The van der Waals surface area contributed by atoms with Crippen molar-refractivity contribution in [3.8, 4) is 5.75 Å². The summed E-state index contributed by atoms with van der Waals surface area (Å²) in [6, 6.07) is 6.60. The number of unbranched alkanes of at least 4 members (excludes halogenated alkanes) is 2. The lowest BCUT2D eigenvalue weighted by Gasteiger charge is -2.33. The Bertz CT molecular complexity index is 713. The zero-order valence-electron chi connectivity index (χ0n) is 17.2. The van der Waals surface area contributed by atoms with E-state index >= 15 is 0 Å². The third-order valence-electron chi connectivity index (χ3n) is 5.04. The molecule has 1 amide bonds. The van der Waals surface area contributed by atoms with Gasteiger partial charge in [-0.3, -0.25) is 9.69 Å². The number of piperazine rings is 1. The first-order chi connectivity index (χ1) is 13.4. The van der Waals surface area contributed by atoms with E-state index in [1.165, 1.54) is 17.1 Å². The molecule has 1 fully saturated rings. The van der Waals surface area contributed by atoms with Gasteiger partial charge in [0.1, 0.15) is 5.75 Å². The van der Waals surface area contributed by atoms with Crippen molar-refractivity contribution < 1.29 is 17.9 Å². The third kappa shape index (κ3) is 6.46. The van der Waals surface area contributed by atoms with Crippen molar-refractivity contribution in [1.82, 2.24) is 14.5 Å². The minimum absolute atomic E-state index is 0.00969. The number of sulfonamides is 1. The number of carbonyl (C=O) groups excluding carboxylic acids is 1. The zero-order valence-corrected chi connectivity index (χ0v) is 18.0. The van der Waals surface area contributed by atoms with Crippen LogP contribution in [0.3, 0.4) is 0 Å². The van der Waals surface area contributed by atoms with Crippen LogP contribution in [0.4, 0.5) is 0 Å². The highest BCUT2D eigenvalue weighted by Crippen LogP contribution is 2.20. The van der Waals surface area contributed by atoms with Gasteiger partial charge in [0.2, 0.25) is 15.9 Å². The highest BCUT2D eigenvalue weighted by atomic mass is 32.2. The van der Waals surface area contributed by atoms with Crippen LogP contribution in [0.1, 0.15) is 39.5 Å². The first-order valence-corrected chi connectivity index (χ1v) is 11.5. The van der Waals surface area contributed by atoms with Crippen molar-refractivity contribution in [2.45, 2.75) is 50.5 Å². The maximum absolute atomic E-state index is 12.8. The fourth-order valence-electron chi connectivity index (χ4n) is 3.32. The molecule has 0 aromatic heterocycles. The number of carbonyl (C=O) groups is 1. The second-order valence-electron chi connectivity index (χ2n) is 7.32. The number of methoxy groups -OCH3 is 1. The van der Waals surface area contributed by atoms with E-state index in [1.54, 1.807) is 31.4 Å². The minimum Gasteiger partial charge on any atom is -0.497 e. The Hall–Kier alpha value is -1.64. The molecule has 158 valence electrons. The van der Waals surface area contributed by atoms with Gasteiger partial charge in [-0.2, -0.15) is 4.31 Å². The fourth-order valence-corrected chi connectivity index (χ4v) is 4.74. The summed E-state index contributed by atoms with van der Waals surface area (Å²) >= 11 is 0. The molecular weight excluding hydrogens is 378 g/mol. The number of nitrogens with one attached hydrogen (secondary N) is 1. The van der Waals surface area contributed by atoms with Crippen molar-refractivity contribution >= 4 is 15.9 Å². The van der Waals surface area contributed by atoms with Crippen LogP contribution >= 0.6 is 0 Å². The van der Waals surface area contributed by atoms with Gasteiger partial charge in [-0.1, -0.05) is 26.2 Å². The van der Waals surface area contributed by atoms with Gasteiger partial charge < -0.3 is 10.1 Å². The third-order valence-corrected chi connectivity index (χ3v) is 6.96. The van der Waals surface area contributed by atoms with E-state index in [4.69, 9.17) is 4.74 Å².